The molecule has 0 N–H and O–H groups in total. The van der Waals surface area contributed by atoms with Crippen LogP contribution in [-0.2, 0) is 27.3 Å². The highest BCUT2D eigenvalue weighted by molar-refractivity contribution is 5.94. The van der Waals surface area contributed by atoms with Crippen LogP contribution < -0.4 is 0 Å². The van der Waals surface area contributed by atoms with Crippen LogP contribution in [0.15, 0.2) is 36.4 Å². The van der Waals surface area contributed by atoms with Gasteiger partial charge in [-0.25, -0.2) is 14.0 Å². The summed E-state index contributed by atoms with van der Waals surface area (Å²) in [5.41, 5.74) is 2.38. The average Bonchev–Trinajstić information content (AvgIpc) is 3.58. The highest BCUT2D eigenvalue weighted by atomic mass is 19.1. The number of cyclic esters (lactones) is 1. The van der Waals surface area contributed by atoms with Crippen LogP contribution >= 0.6 is 0 Å². The van der Waals surface area contributed by atoms with Crippen molar-refractivity contribution in [2.24, 2.45) is 11.8 Å². The van der Waals surface area contributed by atoms with E-state index in [0.717, 1.165) is 30.4 Å². The highest BCUT2D eigenvalue weighted by Crippen LogP contribution is 2.44. The zero-order valence-corrected chi connectivity index (χ0v) is 21.8. The summed E-state index contributed by atoms with van der Waals surface area (Å²) in [4.78, 5) is 39.6. The van der Waals surface area contributed by atoms with Crippen LogP contribution in [-0.4, -0.2) is 40.4 Å². The smallest absolute Gasteiger partial charge is 0.411 e. The number of piperidine rings is 1. The number of hydrogen-bond acceptors (Lipinski definition) is 6. The number of nitrogens with zero attached hydrogens (tertiary/aromatic N) is 2. The second-order valence-electron chi connectivity index (χ2n) is 11.5. The number of amides is 1. The van der Waals surface area contributed by atoms with E-state index in [1.165, 1.54) is 6.07 Å². The minimum atomic E-state index is -0.717. The third kappa shape index (κ3) is 5.02. The number of carbonyl (C=O) groups is 3. The van der Waals surface area contributed by atoms with Gasteiger partial charge in [-0.15, -0.1) is 0 Å². The molecule has 5 rings (SSSR count). The Balaban J connectivity index is 1.28. The first kappa shape index (κ1) is 25.9. The molecule has 1 saturated carbocycles. The normalized spacial score (nSPS) is 22.6. The molecule has 1 saturated heterocycles. The number of fused-ring (bicyclic) bond motifs is 3. The summed E-state index contributed by atoms with van der Waals surface area (Å²) >= 11 is 0. The van der Waals surface area contributed by atoms with Crippen molar-refractivity contribution in [1.82, 2.24) is 4.90 Å². The summed E-state index contributed by atoms with van der Waals surface area (Å²) in [7, 11) is 0. The molecule has 1 unspecified atom stereocenters. The predicted octanol–water partition coefficient (Wildman–Crippen LogP) is 5.59. The molecule has 4 atom stereocenters. The number of rotatable bonds is 6. The lowest BCUT2D eigenvalue weighted by Crippen LogP contribution is -2.51. The largest absolute Gasteiger partial charge is 0.457 e. The molecule has 3 aliphatic rings. The first-order chi connectivity index (χ1) is 18.0. The van der Waals surface area contributed by atoms with Crippen LogP contribution in [0.3, 0.4) is 0 Å². The van der Waals surface area contributed by atoms with E-state index in [1.807, 2.05) is 6.07 Å². The van der Waals surface area contributed by atoms with E-state index < -0.39 is 29.5 Å². The molecule has 2 fully saturated rings. The van der Waals surface area contributed by atoms with Crippen molar-refractivity contribution >= 4 is 17.8 Å². The molecule has 7 nitrogen and oxygen atoms in total. The van der Waals surface area contributed by atoms with E-state index in [2.05, 4.69) is 6.07 Å². The monoisotopic (exact) mass is 518 g/mol. The number of ether oxygens (including phenoxy) is 2. The fourth-order valence-corrected chi connectivity index (χ4v) is 5.98. The molecule has 1 amide bonds. The third-order valence-electron chi connectivity index (χ3n) is 7.69. The maximum Gasteiger partial charge on any atom is 0.411 e. The van der Waals surface area contributed by atoms with Crippen molar-refractivity contribution in [2.45, 2.75) is 77.2 Å². The number of esters is 1. The molecule has 2 heterocycles. The lowest BCUT2D eigenvalue weighted by molar-refractivity contribution is -0.126. The summed E-state index contributed by atoms with van der Waals surface area (Å²) < 4.78 is 25.7. The summed E-state index contributed by atoms with van der Waals surface area (Å²) in [6, 6.07) is 11.6. The summed E-state index contributed by atoms with van der Waals surface area (Å²) in [6.07, 6.45) is 2.04. The third-order valence-corrected chi connectivity index (χ3v) is 7.69. The van der Waals surface area contributed by atoms with Crippen LogP contribution in [0.2, 0.25) is 0 Å². The predicted molar refractivity (Wildman–Crippen MR) is 136 cm³/mol. The summed E-state index contributed by atoms with van der Waals surface area (Å²) in [6.45, 7) is 5.58. The van der Waals surface area contributed by atoms with Crippen LogP contribution in [0.25, 0.3) is 11.1 Å². The van der Waals surface area contributed by atoms with Gasteiger partial charge >= 0.3 is 12.1 Å². The first-order valence-corrected chi connectivity index (χ1v) is 13.1. The zero-order valence-electron chi connectivity index (χ0n) is 21.8. The average molecular weight is 519 g/mol. The second kappa shape index (κ2) is 9.86. The lowest BCUT2D eigenvalue weighted by atomic mass is 9.87. The fraction of sp³-hybridized carbons (Fsp3) is 0.467. The number of carbonyl (C=O) groups excluding carboxylic acids is 3. The van der Waals surface area contributed by atoms with Gasteiger partial charge in [-0.05, 0) is 87.3 Å². The van der Waals surface area contributed by atoms with Crippen molar-refractivity contribution in [3.63, 3.8) is 0 Å². The van der Waals surface area contributed by atoms with Crippen molar-refractivity contribution in [2.75, 3.05) is 0 Å². The summed E-state index contributed by atoms with van der Waals surface area (Å²) in [5.74, 6) is -1.63. The standard InChI is InChI=1S/C30H31FN2O5/c1-30(2,3)38-29(36)33-23-8-6-21(13-23)27(33)26(34)11-17(15-32)10-20-5-4-19(14-25(20)31)18-7-9-24-22(12-18)16-37-28(24)35/h4-5,7,9,12,14,17,21,23,27H,6,8,10-11,13,16H2,1-3H3/t17?,21-,23+,27-/m0/s1. The number of halogens is 1. The molecule has 2 aromatic carbocycles. The number of likely N-dealkylation sites (tertiary alicyclic amines) is 1. The molecule has 0 radical (unpaired) electrons. The Morgan fingerprint density at radius 2 is 1.92 bits per heavy atom. The number of benzene rings is 2. The van der Waals surface area contributed by atoms with Gasteiger partial charge in [0.15, 0.2) is 5.78 Å². The molecule has 0 aromatic heterocycles. The Morgan fingerprint density at radius 1 is 1.18 bits per heavy atom. The van der Waals surface area contributed by atoms with Crippen LogP contribution in [0.5, 0.6) is 0 Å². The van der Waals surface area contributed by atoms with Gasteiger partial charge in [0.05, 0.1) is 23.6 Å². The molecule has 1 aliphatic carbocycles. The molecule has 198 valence electrons. The van der Waals surface area contributed by atoms with Crippen LogP contribution in [0.4, 0.5) is 9.18 Å². The van der Waals surface area contributed by atoms with Crippen molar-refractivity contribution in [1.29, 1.82) is 5.26 Å². The van der Waals surface area contributed by atoms with Gasteiger partial charge in [-0.1, -0.05) is 18.2 Å². The number of nitriles is 1. The van der Waals surface area contributed by atoms with Crippen molar-refractivity contribution < 1.29 is 28.2 Å². The SMILES string of the molecule is CC(C)(C)OC(=O)N1[C@@H]2CC[C@@H](C2)[C@H]1C(=O)CC(C#N)Cc1ccc(-c2ccc3c(c2)COC3=O)cc1F. The number of ketones is 1. The Morgan fingerprint density at radius 3 is 2.63 bits per heavy atom. The molecule has 8 heteroatoms. The van der Waals surface area contributed by atoms with Gasteiger partial charge in [-0.3, -0.25) is 9.69 Å². The molecule has 38 heavy (non-hydrogen) atoms. The van der Waals surface area contributed by atoms with E-state index in [-0.39, 0.29) is 43.2 Å². The second-order valence-corrected chi connectivity index (χ2v) is 11.5. The Kier molecular flexibility index (Phi) is 6.72. The van der Waals surface area contributed by atoms with Gasteiger partial charge in [0.1, 0.15) is 18.0 Å². The van der Waals surface area contributed by atoms with Gasteiger partial charge in [0.25, 0.3) is 0 Å². The molecule has 2 aliphatic heterocycles. The maximum atomic E-state index is 15.1. The minimum absolute atomic E-state index is 0.0155. The zero-order chi connectivity index (χ0) is 27.2. The van der Waals surface area contributed by atoms with Gasteiger partial charge in [-0.2, -0.15) is 5.26 Å². The number of hydrogen-bond donors (Lipinski definition) is 0. The topological polar surface area (TPSA) is 96.7 Å². The van der Waals surface area contributed by atoms with Crippen LogP contribution in [0, 0.1) is 29.0 Å². The van der Waals surface area contributed by atoms with E-state index in [4.69, 9.17) is 9.47 Å². The molecule has 2 aromatic rings. The summed E-state index contributed by atoms with van der Waals surface area (Å²) in [5, 5.41) is 9.80. The molecular formula is C30H31FN2O5. The molecule has 2 bridgehead atoms. The van der Waals surface area contributed by atoms with Crippen molar-refractivity contribution in [3.8, 4) is 17.2 Å². The fourth-order valence-electron chi connectivity index (χ4n) is 5.98. The molecular weight excluding hydrogens is 487 g/mol. The lowest BCUT2D eigenvalue weighted by Gasteiger charge is -2.35. The Bertz CT molecular complexity index is 1340. The minimum Gasteiger partial charge on any atom is -0.457 e. The quantitative estimate of drug-likeness (QED) is 0.463. The van der Waals surface area contributed by atoms with E-state index in [0.29, 0.717) is 16.7 Å². The molecule has 0 spiro atoms. The van der Waals surface area contributed by atoms with Crippen LogP contribution in [0.1, 0.15) is 67.9 Å². The van der Waals surface area contributed by atoms with Gasteiger partial charge < -0.3 is 9.47 Å². The first-order valence-electron chi connectivity index (χ1n) is 13.1. The van der Waals surface area contributed by atoms with E-state index in [1.54, 1.807) is 49.9 Å². The van der Waals surface area contributed by atoms with Gasteiger partial charge in [0.2, 0.25) is 0 Å². The Hall–Kier alpha value is -3.73. The highest BCUT2D eigenvalue weighted by Gasteiger charge is 2.52. The number of Topliss-reactive ketones (excluding diaryl/α,β-unsaturated/α-hetero) is 1. The maximum absolute atomic E-state index is 15.1. The van der Waals surface area contributed by atoms with Crippen molar-refractivity contribution in [3.05, 3.63) is 58.9 Å². The van der Waals surface area contributed by atoms with E-state index in [9.17, 15) is 19.6 Å². The van der Waals surface area contributed by atoms with E-state index >= 15 is 4.39 Å². The Labute approximate surface area is 221 Å². The van der Waals surface area contributed by atoms with Gasteiger partial charge in [0, 0.05) is 18.0 Å².